The number of rotatable bonds is 5. The molecule has 1 aliphatic heterocycles. The Labute approximate surface area is 150 Å². The highest BCUT2D eigenvalue weighted by molar-refractivity contribution is 8.00. The lowest BCUT2D eigenvalue weighted by atomic mass is 10.1. The Kier molecular flexibility index (Phi) is 5.32. The molecule has 0 spiro atoms. The van der Waals surface area contributed by atoms with Crippen molar-refractivity contribution in [2.45, 2.75) is 17.7 Å². The molecule has 0 radical (unpaired) electrons. The summed E-state index contributed by atoms with van der Waals surface area (Å²) in [4.78, 5) is 14.1. The fourth-order valence-electron chi connectivity index (χ4n) is 2.82. The number of aryl methyl sites for hydroxylation is 1. The molecule has 0 fully saturated rings. The standard InChI is InChI=1S/C17H19NO3S3/c1-24(20,21)11-14(12-5-3-2-4-6-12)18-17(19)16-13-7-9-22-15(13)8-10-23-16/h2-7,9,14,16H,8,10-11H2,1H3,(H,18,19)/t14-,16-/m1/s1. The van der Waals surface area contributed by atoms with Crippen molar-refractivity contribution in [3.05, 3.63) is 57.8 Å². The summed E-state index contributed by atoms with van der Waals surface area (Å²) in [7, 11) is -3.22. The van der Waals surface area contributed by atoms with Crippen molar-refractivity contribution in [2.24, 2.45) is 0 Å². The van der Waals surface area contributed by atoms with E-state index in [9.17, 15) is 13.2 Å². The third-order valence-electron chi connectivity index (χ3n) is 3.90. The number of amides is 1. The molecular formula is C17H19NO3S3. The predicted octanol–water partition coefficient (Wildman–Crippen LogP) is 2.98. The van der Waals surface area contributed by atoms with Gasteiger partial charge >= 0.3 is 0 Å². The molecule has 0 unspecified atom stereocenters. The molecule has 0 bridgehead atoms. The zero-order chi connectivity index (χ0) is 17.2. The van der Waals surface area contributed by atoms with Gasteiger partial charge in [-0.1, -0.05) is 30.3 Å². The molecule has 128 valence electrons. The van der Waals surface area contributed by atoms with Crippen LogP contribution in [0.1, 0.15) is 27.3 Å². The van der Waals surface area contributed by atoms with E-state index in [1.165, 1.54) is 11.1 Å². The van der Waals surface area contributed by atoms with Gasteiger partial charge in [-0.05, 0) is 34.7 Å². The smallest absolute Gasteiger partial charge is 0.238 e. The van der Waals surface area contributed by atoms with Crippen molar-refractivity contribution in [1.29, 1.82) is 0 Å². The third kappa shape index (κ3) is 4.20. The van der Waals surface area contributed by atoms with Gasteiger partial charge in [0.1, 0.15) is 15.1 Å². The van der Waals surface area contributed by atoms with E-state index in [1.807, 2.05) is 41.8 Å². The van der Waals surface area contributed by atoms with Gasteiger partial charge in [-0.25, -0.2) is 8.42 Å². The number of carbonyl (C=O) groups excluding carboxylic acids is 1. The Morgan fingerprint density at radius 3 is 2.75 bits per heavy atom. The van der Waals surface area contributed by atoms with Gasteiger partial charge in [0.15, 0.2) is 0 Å². The molecule has 0 saturated carbocycles. The van der Waals surface area contributed by atoms with Crippen molar-refractivity contribution in [3.8, 4) is 0 Å². The van der Waals surface area contributed by atoms with Gasteiger partial charge in [0.25, 0.3) is 0 Å². The summed E-state index contributed by atoms with van der Waals surface area (Å²) in [5, 5.41) is 4.71. The fourth-order valence-corrected chi connectivity index (χ4v) is 6.00. The second-order valence-corrected chi connectivity index (χ2v) is 10.3. The van der Waals surface area contributed by atoms with Crippen LogP contribution in [0.2, 0.25) is 0 Å². The van der Waals surface area contributed by atoms with E-state index in [0.717, 1.165) is 23.3 Å². The largest absolute Gasteiger partial charge is 0.347 e. The molecular weight excluding hydrogens is 362 g/mol. The Balaban J connectivity index is 1.82. The van der Waals surface area contributed by atoms with Crippen molar-refractivity contribution in [2.75, 3.05) is 17.8 Å². The van der Waals surface area contributed by atoms with E-state index < -0.39 is 15.9 Å². The first-order valence-electron chi connectivity index (χ1n) is 7.65. The molecule has 7 heteroatoms. The molecule has 0 saturated heterocycles. The summed E-state index contributed by atoms with van der Waals surface area (Å²) in [5.74, 6) is 0.696. The number of thiophene rings is 1. The number of hydrogen-bond acceptors (Lipinski definition) is 5. The normalized spacial score (nSPS) is 18.6. The fraction of sp³-hybridized carbons (Fsp3) is 0.353. The van der Waals surface area contributed by atoms with E-state index >= 15 is 0 Å². The minimum absolute atomic E-state index is 0.101. The molecule has 2 aromatic rings. The van der Waals surface area contributed by atoms with Gasteiger partial charge in [-0.2, -0.15) is 0 Å². The Bertz CT molecular complexity index is 815. The first kappa shape index (κ1) is 17.5. The lowest BCUT2D eigenvalue weighted by Crippen LogP contribution is -2.36. The summed E-state index contributed by atoms with van der Waals surface area (Å²) >= 11 is 3.30. The average Bonchev–Trinajstić information content (AvgIpc) is 3.02. The Morgan fingerprint density at radius 2 is 2.04 bits per heavy atom. The maximum Gasteiger partial charge on any atom is 0.238 e. The summed E-state index contributed by atoms with van der Waals surface area (Å²) in [6.45, 7) is 0. The summed E-state index contributed by atoms with van der Waals surface area (Å²) < 4.78 is 23.5. The average molecular weight is 382 g/mol. The topological polar surface area (TPSA) is 63.2 Å². The number of sulfone groups is 1. The van der Waals surface area contributed by atoms with E-state index in [-0.39, 0.29) is 16.9 Å². The SMILES string of the molecule is CS(=O)(=O)C[C@@H](NC(=O)[C@@H]1SCCc2sccc21)c1ccccc1. The second-order valence-electron chi connectivity index (χ2n) is 5.86. The van der Waals surface area contributed by atoms with Crippen LogP contribution in [-0.4, -0.2) is 32.1 Å². The maximum atomic E-state index is 12.8. The van der Waals surface area contributed by atoms with Gasteiger partial charge in [0.2, 0.25) is 5.91 Å². The van der Waals surface area contributed by atoms with Crippen LogP contribution in [0.5, 0.6) is 0 Å². The van der Waals surface area contributed by atoms with Gasteiger partial charge < -0.3 is 5.32 Å². The van der Waals surface area contributed by atoms with Crippen LogP contribution in [0.3, 0.4) is 0 Å². The van der Waals surface area contributed by atoms with Crippen LogP contribution in [0.25, 0.3) is 0 Å². The molecule has 1 aliphatic rings. The van der Waals surface area contributed by atoms with Crippen LogP contribution < -0.4 is 5.32 Å². The first-order chi connectivity index (χ1) is 11.4. The minimum Gasteiger partial charge on any atom is -0.347 e. The quantitative estimate of drug-likeness (QED) is 0.865. The number of benzene rings is 1. The number of thioether (sulfide) groups is 1. The van der Waals surface area contributed by atoms with Crippen LogP contribution in [0, 0.1) is 0 Å². The van der Waals surface area contributed by atoms with Gasteiger partial charge in [0.05, 0.1) is 11.8 Å². The molecule has 0 aliphatic carbocycles. The Morgan fingerprint density at radius 1 is 1.29 bits per heavy atom. The zero-order valence-corrected chi connectivity index (χ0v) is 15.7. The molecule has 2 heterocycles. The Hall–Kier alpha value is -1.31. The van der Waals surface area contributed by atoms with E-state index in [1.54, 1.807) is 23.1 Å². The van der Waals surface area contributed by atoms with Crippen LogP contribution >= 0.6 is 23.1 Å². The summed E-state index contributed by atoms with van der Waals surface area (Å²) in [5.41, 5.74) is 1.88. The lowest BCUT2D eigenvalue weighted by molar-refractivity contribution is -0.121. The van der Waals surface area contributed by atoms with Crippen molar-refractivity contribution < 1.29 is 13.2 Å². The molecule has 4 nitrogen and oxygen atoms in total. The number of hydrogen-bond donors (Lipinski definition) is 1. The van der Waals surface area contributed by atoms with E-state index in [2.05, 4.69) is 5.32 Å². The van der Waals surface area contributed by atoms with Crippen LogP contribution in [0.4, 0.5) is 0 Å². The second kappa shape index (κ2) is 7.29. The first-order valence-corrected chi connectivity index (χ1v) is 11.6. The molecule has 1 aromatic carbocycles. The summed E-state index contributed by atoms with van der Waals surface area (Å²) in [6.07, 6.45) is 2.19. The highest BCUT2D eigenvalue weighted by atomic mass is 32.2. The van der Waals surface area contributed by atoms with Crippen molar-refractivity contribution >= 4 is 38.8 Å². The lowest BCUT2D eigenvalue weighted by Gasteiger charge is -2.25. The van der Waals surface area contributed by atoms with Gasteiger partial charge in [0, 0.05) is 11.1 Å². The molecule has 1 aromatic heterocycles. The van der Waals surface area contributed by atoms with Crippen molar-refractivity contribution in [3.63, 3.8) is 0 Å². The highest BCUT2D eigenvalue weighted by Crippen LogP contribution is 2.39. The maximum absolute atomic E-state index is 12.8. The molecule has 1 N–H and O–H groups in total. The van der Waals surface area contributed by atoms with Gasteiger partial charge in [-0.15, -0.1) is 23.1 Å². The van der Waals surface area contributed by atoms with E-state index in [4.69, 9.17) is 0 Å². The monoisotopic (exact) mass is 381 g/mol. The summed E-state index contributed by atoms with van der Waals surface area (Å²) in [6, 6.07) is 10.7. The zero-order valence-electron chi connectivity index (χ0n) is 13.3. The minimum atomic E-state index is -3.22. The van der Waals surface area contributed by atoms with Gasteiger partial charge in [-0.3, -0.25) is 4.79 Å². The van der Waals surface area contributed by atoms with Crippen LogP contribution in [0.15, 0.2) is 41.8 Å². The van der Waals surface area contributed by atoms with Crippen molar-refractivity contribution in [1.82, 2.24) is 5.32 Å². The third-order valence-corrected chi connectivity index (χ3v) is 7.08. The molecule has 2 atom stereocenters. The number of carbonyl (C=O) groups is 1. The predicted molar refractivity (Wildman–Crippen MR) is 100 cm³/mol. The highest BCUT2D eigenvalue weighted by Gasteiger charge is 2.30. The molecule has 24 heavy (non-hydrogen) atoms. The van der Waals surface area contributed by atoms with Crippen LogP contribution in [-0.2, 0) is 21.1 Å². The number of nitrogens with one attached hydrogen (secondary N) is 1. The van der Waals surface area contributed by atoms with E-state index in [0.29, 0.717) is 0 Å². The number of fused-ring (bicyclic) bond motifs is 1. The molecule has 1 amide bonds. The molecule has 3 rings (SSSR count).